The summed E-state index contributed by atoms with van der Waals surface area (Å²) >= 11 is 1.75. The van der Waals surface area contributed by atoms with E-state index in [9.17, 15) is 9.59 Å². The van der Waals surface area contributed by atoms with Crippen LogP contribution < -0.4 is 0 Å². The number of carbonyl (C=O) groups is 2. The lowest BCUT2D eigenvalue weighted by atomic mass is 9.86. The van der Waals surface area contributed by atoms with Crippen LogP contribution in [0.4, 0.5) is 0 Å². The van der Waals surface area contributed by atoms with Crippen molar-refractivity contribution in [3.63, 3.8) is 0 Å². The zero-order valence-electron chi connectivity index (χ0n) is 9.22. The Bertz CT molecular complexity index is 451. The molecular formula is C11H12N2O3S. The van der Waals surface area contributed by atoms with Gasteiger partial charge in [-0.15, -0.1) is 0 Å². The Kier molecular flexibility index (Phi) is 2.47. The number of thioether (sulfide) groups is 1. The van der Waals surface area contributed by atoms with E-state index in [1.54, 1.807) is 17.8 Å². The SMILES string of the molecule is O=C1C[C@@]2(CCSC2)C(=O)N1Cc1ccon1. The van der Waals surface area contributed by atoms with E-state index in [0.29, 0.717) is 12.1 Å². The summed E-state index contributed by atoms with van der Waals surface area (Å²) in [6.45, 7) is 0.237. The molecule has 3 rings (SSSR count). The molecule has 0 bridgehead atoms. The Labute approximate surface area is 103 Å². The average Bonchev–Trinajstić information content (AvgIpc) is 2.99. The molecule has 1 aromatic heterocycles. The van der Waals surface area contributed by atoms with Crippen molar-refractivity contribution < 1.29 is 14.1 Å². The smallest absolute Gasteiger partial charge is 0.237 e. The zero-order chi connectivity index (χ0) is 11.9. The second-order valence-electron chi connectivity index (χ2n) is 4.54. The zero-order valence-corrected chi connectivity index (χ0v) is 10.0. The summed E-state index contributed by atoms with van der Waals surface area (Å²) in [7, 11) is 0. The van der Waals surface area contributed by atoms with Gasteiger partial charge in [0.2, 0.25) is 11.8 Å². The van der Waals surface area contributed by atoms with Gasteiger partial charge < -0.3 is 4.52 Å². The molecule has 2 amide bonds. The molecule has 0 aliphatic carbocycles. The normalized spacial score (nSPS) is 28.6. The minimum atomic E-state index is -0.425. The van der Waals surface area contributed by atoms with Gasteiger partial charge in [0, 0.05) is 18.2 Å². The molecule has 1 aromatic rings. The largest absolute Gasteiger partial charge is 0.364 e. The van der Waals surface area contributed by atoms with Gasteiger partial charge in [0.1, 0.15) is 12.0 Å². The molecule has 2 aliphatic rings. The highest BCUT2D eigenvalue weighted by molar-refractivity contribution is 7.99. The first kappa shape index (κ1) is 10.8. The molecular weight excluding hydrogens is 240 g/mol. The first-order valence-electron chi connectivity index (χ1n) is 5.53. The molecule has 1 spiro atoms. The first-order chi connectivity index (χ1) is 8.21. The molecule has 6 heteroatoms. The molecule has 0 N–H and O–H groups in total. The van der Waals surface area contributed by atoms with E-state index in [1.807, 2.05) is 0 Å². The van der Waals surface area contributed by atoms with E-state index >= 15 is 0 Å². The van der Waals surface area contributed by atoms with Crippen LogP contribution in [0.2, 0.25) is 0 Å². The topological polar surface area (TPSA) is 63.4 Å². The minimum absolute atomic E-state index is 0.0319. The van der Waals surface area contributed by atoms with Crippen LogP contribution in [0.1, 0.15) is 18.5 Å². The Morgan fingerprint density at radius 1 is 1.53 bits per heavy atom. The highest BCUT2D eigenvalue weighted by Gasteiger charge is 2.53. The number of carbonyl (C=O) groups excluding carboxylic acids is 2. The van der Waals surface area contributed by atoms with E-state index in [-0.39, 0.29) is 18.4 Å². The van der Waals surface area contributed by atoms with Crippen LogP contribution in [0.3, 0.4) is 0 Å². The summed E-state index contributed by atoms with van der Waals surface area (Å²) in [5, 5.41) is 3.74. The fraction of sp³-hybridized carbons (Fsp3) is 0.545. The molecule has 0 unspecified atom stereocenters. The van der Waals surface area contributed by atoms with Gasteiger partial charge in [-0.05, 0) is 12.2 Å². The van der Waals surface area contributed by atoms with Crippen molar-refractivity contribution in [2.45, 2.75) is 19.4 Å². The number of hydrogen-bond acceptors (Lipinski definition) is 5. The monoisotopic (exact) mass is 252 g/mol. The lowest BCUT2D eigenvalue weighted by Crippen LogP contribution is -2.35. The molecule has 1 atom stereocenters. The predicted molar refractivity (Wildman–Crippen MR) is 61.1 cm³/mol. The van der Waals surface area contributed by atoms with Crippen LogP contribution in [0.25, 0.3) is 0 Å². The Balaban J connectivity index is 1.82. The summed E-state index contributed by atoms with van der Waals surface area (Å²) in [5.41, 5.74) is 0.195. The van der Waals surface area contributed by atoms with Crippen molar-refractivity contribution in [2.75, 3.05) is 11.5 Å². The molecule has 0 radical (unpaired) electrons. The lowest BCUT2D eigenvalue weighted by molar-refractivity contribution is -0.141. The lowest BCUT2D eigenvalue weighted by Gasteiger charge is -2.19. The quantitative estimate of drug-likeness (QED) is 0.736. The maximum Gasteiger partial charge on any atom is 0.237 e. The summed E-state index contributed by atoms with van der Waals surface area (Å²) < 4.78 is 4.71. The maximum absolute atomic E-state index is 12.3. The molecule has 0 aromatic carbocycles. The van der Waals surface area contributed by atoms with E-state index in [0.717, 1.165) is 17.9 Å². The van der Waals surface area contributed by atoms with Gasteiger partial charge in [-0.2, -0.15) is 11.8 Å². The number of imide groups is 1. The van der Waals surface area contributed by atoms with Gasteiger partial charge in [0.25, 0.3) is 0 Å². The van der Waals surface area contributed by atoms with Crippen LogP contribution in [-0.4, -0.2) is 33.4 Å². The summed E-state index contributed by atoms with van der Waals surface area (Å²) in [5.74, 6) is 1.62. The molecule has 2 aliphatic heterocycles. The van der Waals surface area contributed by atoms with Gasteiger partial charge in [0.05, 0.1) is 12.0 Å². The Morgan fingerprint density at radius 3 is 3.06 bits per heavy atom. The van der Waals surface area contributed by atoms with Crippen LogP contribution >= 0.6 is 11.8 Å². The number of amides is 2. The number of likely N-dealkylation sites (tertiary alicyclic amines) is 1. The summed E-state index contributed by atoms with van der Waals surface area (Å²) in [6.07, 6.45) is 2.62. The van der Waals surface area contributed by atoms with Crippen LogP contribution in [-0.2, 0) is 16.1 Å². The third-order valence-corrected chi connectivity index (χ3v) is 4.65. The fourth-order valence-corrected chi connectivity index (χ4v) is 3.86. The molecule has 5 nitrogen and oxygen atoms in total. The third-order valence-electron chi connectivity index (χ3n) is 3.40. The number of aromatic nitrogens is 1. The molecule has 2 saturated heterocycles. The van der Waals surface area contributed by atoms with E-state index in [2.05, 4.69) is 5.16 Å². The standard InChI is InChI=1S/C11H12N2O3S/c14-9-5-11(2-4-17-7-11)10(15)13(9)6-8-1-3-16-12-8/h1,3H,2,4-7H2/t11-/m1/s1. The van der Waals surface area contributed by atoms with Crippen LogP contribution in [0.15, 0.2) is 16.9 Å². The molecule has 2 fully saturated rings. The van der Waals surface area contributed by atoms with Crippen molar-refractivity contribution in [3.05, 3.63) is 18.0 Å². The van der Waals surface area contributed by atoms with Crippen LogP contribution in [0.5, 0.6) is 0 Å². The molecule has 0 saturated carbocycles. The van der Waals surface area contributed by atoms with Crippen molar-refractivity contribution in [2.24, 2.45) is 5.41 Å². The van der Waals surface area contributed by atoms with Gasteiger partial charge in [-0.3, -0.25) is 14.5 Å². The van der Waals surface area contributed by atoms with Gasteiger partial charge in [-0.25, -0.2) is 0 Å². The first-order valence-corrected chi connectivity index (χ1v) is 6.69. The number of rotatable bonds is 2. The Morgan fingerprint density at radius 2 is 2.41 bits per heavy atom. The van der Waals surface area contributed by atoms with Crippen molar-refractivity contribution in [1.29, 1.82) is 0 Å². The summed E-state index contributed by atoms with van der Waals surface area (Å²) in [4.78, 5) is 25.5. The molecule has 3 heterocycles. The predicted octanol–water partition coefficient (Wildman–Crippen LogP) is 1.06. The summed E-state index contributed by atoms with van der Waals surface area (Å²) in [6, 6.07) is 1.68. The van der Waals surface area contributed by atoms with Gasteiger partial charge in [-0.1, -0.05) is 5.16 Å². The van der Waals surface area contributed by atoms with Crippen LogP contribution in [0, 0.1) is 5.41 Å². The van der Waals surface area contributed by atoms with E-state index in [1.165, 1.54) is 11.2 Å². The molecule has 90 valence electrons. The van der Waals surface area contributed by atoms with Gasteiger partial charge in [0.15, 0.2) is 0 Å². The second kappa shape index (κ2) is 3.87. The number of nitrogens with zero attached hydrogens (tertiary/aromatic N) is 2. The average molecular weight is 252 g/mol. The Hall–Kier alpha value is -1.30. The van der Waals surface area contributed by atoms with E-state index in [4.69, 9.17) is 4.52 Å². The highest BCUT2D eigenvalue weighted by atomic mass is 32.2. The number of hydrogen-bond donors (Lipinski definition) is 0. The van der Waals surface area contributed by atoms with Crippen molar-refractivity contribution >= 4 is 23.6 Å². The highest BCUT2D eigenvalue weighted by Crippen LogP contribution is 2.45. The third kappa shape index (κ3) is 1.67. The van der Waals surface area contributed by atoms with Crippen molar-refractivity contribution in [1.82, 2.24) is 10.1 Å². The fourth-order valence-electron chi connectivity index (χ4n) is 2.42. The van der Waals surface area contributed by atoms with Crippen molar-refractivity contribution in [3.8, 4) is 0 Å². The van der Waals surface area contributed by atoms with E-state index < -0.39 is 5.41 Å². The minimum Gasteiger partial charge on any atom is -0.364 e. The molecule has 17 heavy (non-hydrogen) atoms. The van der Waals surface area contributed by atoms with Gasteiger partial charge >= 0.3 is 0 Å². The maximum atomic E-state index is 12.3. The second-order valence-corrected chi connectivity index (χ2v) is 5.64.